The number of thioether (sulfide) groups is 2. The summed E-state index contributed by atoms with van der Waals surface area (Å²) in [6, 6.07) is 5.98. The van der Waals surface area contributed by atoms with Crippen molar-refractivity contribution in [1.29, 1.82) is 0 Å². The van der Waals surface area contributed by atoms with Crippen LogP contribution in [-0.2, 0) is 21.1 Å². The molecular formula is C21H32O3S2. The molecule has 0 saturated carbocycles. The number of rotatable bonds is 7. The van der Waals surface area contributed by atoms with Gasteiger partial charge in [0.1, 0.15) is 5.75 Å². The largest absolute Gasteiger partial charge is 0.494 e. The van der Waals surface area contributed by atoms with Gasteiger partial charge in [0.25, 0.3) is 0 Å². The van der Waals surface area contributed by atoms with Crippen molar-refractivity contribution in [1.82, 2.24) is 0 Å². The average Bonchev–Trinajstić information content (AvgIpc) is 2.54. The number of carbonyl (C=O) groups excluding carboxylic acids is 2. The van der Waals surface area contributed by atoms with Crippen molar-refractivity contribution in [2.75, 3.05) is 6.61 Å². The van der Waals surface area contributed by atoms with E-state index in [-0.39, 0.29) is 21.1 Å². The summed E-state index contributed by atoms with van der Waals surface area (Å²) in [7, 11) is 0. The third-order valence-electron chi connectivity index (χ3n) is 3.59. The monoisotopic (exact) mass is 396 g/mol. The minimum absolute atomic E-state index is 0.168. The fourth-order valence-electron chi connectivity index (χ4n) is 1.91. The standard InChI is InChI=1S/C21H32O3S2/c1-8-11-24-17-10-9-15(13-25-18(22)20(2,3)4)16(12-17)14-26-19(23)21(5,6)7/h9-10,12H,8,11,13-14H2,1-7H3. The van der Waals surface area contributed by atoms with Crippen molar-refractivity contribution < 1.29 is 14.3 Å². The van der Waals surface area contributed by atoms with E-state index in [2.05, 4.69) is 6.92 Å². The second-order valence-corrected chi connectivity index (χ2v) is 10.3. The first-order valence-corrected chi connectivity index (χ1v) is 11.0. The van der Waals surface area contributed by atoms with Crippen LogP contribution in [0.3, 0.4) is 0 Å². The van der Waals surface area contributed by atoms with Crippen LogP contribution in [0.4, 0.5) is 0 Å². The van der Waals surface area contributed by atoms with Gasteiger partial charge in [-0.25, -0.2) is 0 Å². The van der Waals surface area contributed by atoms with Crippen LogP contribution in [0, 0.1) is 10.8 Å². The van der Waals surface area contributed by atoms with Gasteiger partial charge in [-0.3, -0.25) is 9.59 Å². The predicted molar refractivity (Wildman–Crippen MR) is 114 cm³/mol. The summed E-state index contributed by atoms with van der Waals surface area (Å²) >= 11 is 2.67. The molecule has 0 N–H and O–H groups in total. The van der Waals surface area contributed by atoms with Gasteiger partial charge >= 0.3 is 0 Å². The van der Waals surface area contributed by atoms with Crippen LogP contribution in [0.2, 0.25) is 0 Å². The first kappa shape index (κ1) is 23.1. The smallest absolute Gasteiger partial charge is 0.194 e. The van der Waals surface area contributed by atoms with Crippen molar-refractivity contribution in [2.24, 2.45) is 10.8 Å². The van der Waals surface area contributed by atoms with E-state index in [1.807, 2.05) is 59.7 Å². The molecule has 0 atom stereocenters. The normalized spacial score (nSPS) is 12.1. The number of hydrogen-bond acceptors (Lipinski definition) is 5. The van der Waals surface area contributed by atoms with E-state index >= 15 is 0 Å². The molecule has 0 aliphatic rings. The van der Waals surface area contributed by atoms with Gasteiger partial charge in [0.2, 0.25) is 0 Å². The molecule has 0 saturated heterocycles. The Labute approximate surface area is 167 Å². The van der Waals surface area contributed by atoms with Crippen LogP contribution in [-0.4, -0.2) is 16.8 Å². The molecule has 0 radical (unpaired) electrons. The molecule has 1 rings (SSSR count). The second kappa shape index (κ2) is 9.84. The molecular weight excluding hydrogens is 364 g/mol. The maximum absolute atomic E-state index is 12.3. The highest BCUT2D eigenvalue weighted by Crippen LogP contribution is 2.32. The molecule has 0 aliphatic heterocycles. The Morgan fingerprint density at radius 1 is 0.885 bits per heavy atom. The molecule has 1 aromatic rings. The van der Waals surface area contributed by atoms with Gasteiger partial charge in [-0.05, 0) is 29.7 Å². The Balaban J connectivity index is 2.93. The lowest BCUT2D eigenvalue weighted by atomic mass is 9.99. The minimum atomic E-state index is -0.363. The van der Waals surface area contributed by atoms with Crippen molar-refractivity contribution in [2.45, 2.75) is 66.4 Å². The van der Waals surface area contributed by atoms with E-state index in [0.29, 0.717) is 18.1 Å². The Bertz CT molecular complexity index is 625. The van der Waals surface area contributed by atoms with Crippen LogP contribution in [0.1, 0.15) is 66.0 Å². The van der Waals surface area contributed by atoms with Gasteiger partial charge in [-0.1, -0.05) is 78.1 Å². The quantitative estimate of drug-likeness (QED) is 0.558. The number of benzene rings is 1. The molecule has 0 heterocycles. The number of hydrogen-bond donors (Lipinski definition) is 0. The first-order chi connectivity index (χ1) is 11.9. The van der Waals surface area contributed by atoms with E-state index in [1.54, 1.807) is 0 Å². The lowest BCUT2D eigenvalue weighted by Crippen LogP contribution is -2.17. The zero-order chi connectivity index (χ0) is 20.0. The summed E-state index contributed by atoms with van der Waals surface area (Å²) in [4.78, 5) is 24.5. The highest BCUT2D eigenvalue weighted by molar-refractivity contribution is 8.13. The van der Waals surface area contributed by atoms with Crippen LogP contribution in [0.25, 0.3) is 0 Å². The Kier molecular flexibility index (Phi) is 8.74. The Hall–Kier alpha value is -0.940. The summed E-state index contributed by atoms with van der Waals surface area (Å²) < 4.78 is 5.74. The summed E-state index contributed by atoms with van der Waals surface area (Å²) in [6.07, 6.45) is 0.949. The summed E-state index contributed by atoms with van der Waals surface area (Å²) in [5.74, 6) is 2.03. The second-order valence-electron chi connectivity index (χ2n) is 8.43. The van der Waals surface area contributed by atoms with E-state index in [1.165, 1.54) is 23.5 Å². The fourth-order valence-corrected chi connectivity index (χ4v) is 3.90. The van der Waals surface area contributed by atoms with Crippen LogP contribution >= 0.6 is 23.5 Å². The Morgan fingerprint density at radius 3 is 1.85 bits per heavy atom. The fraction of sp³-hybridized carbons (Fsp3) is 0.619. The van der Waals surface area contributed by atoms with Crippen molar-refractivity contribution in [3.8, 4) is 5.75 Å². The van der Waals surface area contributed by atoms with Gasteiger partial charge < -0.3 is 4.74 Å². The van der Waals surface area contributed by atoms with E-state index in [4.69, 9.17) is 4.74 Å². The van der Waals surface area contributed by atoms with Gasteiger partial charge in [-0.15, -0.1) is 0 Å². The topological polar surface area (TPSA) is 43.4 Å². The van der Waals surface area contributed by atoms with Gasteiger partial charge in [0.05, 0.1) is 6.61 Å². The SMILES string of the molecule is CCCOc1ccc(CSC(=O)C(C)(C)C)c(CSC(=O)C(C)(C)C)c1. The zero-order valence-electron chi connectivity index (χ0n) is 17.1. The number of carbonyl (C=O) groups is 2. The summed E-state index contributed by atoms with van der Waals surface area (Å²) in [5.41, 5.74) is 1.44. The predicted octanol–water partition coefficient (Wildman–Crippen LogP) is 6.09. The molecule has 146 valence electrons. The van der Waals surface area contributed by atoms with E-state index in [0.717, 1.165) is 23.3 Å². The molecule has 0 spiro atoms. The van der Waals surface area contributed by atoms with Crippen molar-refractivity contribution >= 4 is 33.8 Å². The molecule has 0 unspecified atom stereocenters. The lowest BCUT2D eigenvalue weighted by Gasteiger charge is -2.18. The summed E-state index contributed by atoms with van der Waals surface area (Å²) in [6.45, 7) is 14.3. The molecule has 0 amide bonds. The molecule has 0 fully saturated rings. The molecule has 1 aromatic carbocycles. The number of ether oxygens (including phenoxy) is 1. The maximum atomic E-state index is 12.3. The minimum Gasteiger partial charge on any atom is -0.494 e. The molecule has 0 bridgehead atoms. The van der Waals surface area contributed by atoms with Crippen LogP contribution in [0.15, 0.2) is 18.2 Å². The third-order valence-corrected chi connectivity index (χ3v) is 6.25. The molecule has 0 aliphatic carbocycles. The average molecular weight is 397 g/mol. The zero-order valence-corrected chi connectivity index (χ0v) is 18.7. The van der Waals surface area contributed by atoms with E-state index in [9.17, 15) is 9.59 Å². The van der Waals surface area contributed by atoms with Gasteiger partial charge in [0.15, 0.2) is 10.2 Å². The summed E-state index contributed by atoms with van der Waals surface area (Å²) in [5, 5.41) is 0.343. The molecule has 5 heteroatoms. The van der Waals surface area contributed by atoms with Crippen LogP contribution in [0.5, 0.6) is 5.75 Å². The van der Waals surface area contributed by atoms with E-state index < -0.39 is 0 Å². The highest BCUT2D eigenvalue weighted by atomic mass is 32.2. The molecule has 26 heavy (non-hydrogen) atoms. The molecule has 3 nitrogen and oxygen atoms in total. The first-order valence-electron chi connectivity index (χ1n) is 9.04. The third kappa shape index (κ3) is 7.75. The van der Waals surface area contributed by atoms with Crippen LogP contribution < -0.4 is 4.74 Å². The van der Waals surface area contributed by atoms with Crippen molar-refractivity contribution in [3.05, 3.63) is 29.3 Å². The van der Waals surface area contributed by atoms with Gasteiger partial charge in [-0.2, -0.15) is 0 Å². The van der Waals surface area contributed by atoms with Crippen molar-refractivity contribution in [3.63, 3.8) is 0 Å². The highest BCUT2D eigenvalue weighted by Gasteiger charge is 2.24. The van der Waals surface area contributed by atoms with Gasteiger partial charge in [0, 0.05) is 22.3 Å². The Morgan fingerprint density at radius 2 is 1.38 bits per heavy atom. The molecule has 0 aromatic heterocycles. The lowest BCUT2D eigenvalue weighted by molar-refractivity contribution is -0.118. The maximum Gasteiger partial charge on any atom is 0.194 e.